The highest BCUT2D eigenvalue weighted by molar-refractivity contribution is 9.11. The second kappa shape index (κ2) is 4.18. The molecule has 1 aromatic carbocycles. The Morgan fingerprint density at radius 1 is 1.14 bits per heavy atom. The summed E-state index contributed by atoms with van der Waals surface area (Å²) < 4.78 is 49.3. The molecule has 1 aromatic rings. The van der Waals surface area contributed by atoms with E-state index in [2.05, 4.69) is 37.9 Å². The maximum atomic E-state index is 12.8. The van der Waals surface area contributed by atoms with E-state index in [0.717, 1.165) is 12.1 Å². The minimum Gasteiger partial charge on any atom is -0.232 e. The SMILES string of the molecule is FC(c1cc(Br)[c]c(Br)c1)C(F)(F)F. The lowest BCUT2D eigenvalue weighted by Crippen LogP contribution is -2.16. The first-order valence-electron chi connectivity index (χ1n) is 3.40. The average Bonchev–Trinajstić information content (AvgIpc) is 1.99. The largest absolute Gasteiger partial charge is 0.423 e. The Bertz CT molecular complexity index is 314. The molecule has 6 heteroatoms. The molecule has 0 saturated heterocycles. The van der Waals surface area contributed by atoms with Crippen molar-refractivity contribution in [2.45, 2.75) is 12.3 Å². The molecule has 0 fully saturated rings. The van der Waals surface area contributed by atoms with Gasteiger partial charge in [-0.25, -0.2) is 4.39 Å². The van der Waals surface area contributed by atoms with Crippen LogP contribution in [0, 0.1) is 6.07 Å². The van der Waals surface area contributed by atoms with Gasteiger partial charge in [-0.3, -0.25) is 0 Å². The van der Waals surface area contributed by atoms with Gasteiger partial charge in [0, 0.05) is 15.0 Å². The summed E-state index contributed by atoms with van der Waals surface area (Å²) in [6, 6.07) is 4.71. The third-order valence-corrected chi connectivity index (χ3v) is 2.26. The second-order valence-electron chi connectivity index (χ2n) is 2.51. The van der Waals surface area contributed by atoms with Crippen LogP contribution in [-0.2, 0) is 0 Å². The number of halogens is 6. The van der Waals surface area contributed by atoms with Gasteiger partial charge < -0.3 is 0 Å². The smallest absolute Gasteiger partial charge is 0.232 e. The molecule has 1 radical (unpaired) electrons. The van der Waals surface area contributed by atoms with Crippen LogP contribution >= 0.6 is 31.9 Å². The van der Waals surface area contributed by atoms with E-state index in [9.17, 15) is 17.6 Å². The van der Waals surface area contributed by atoms with Crippen LogP contribution in [-0.4, -0.2) is 6.18 Å². The van der Waals surface area contributed by atoms with Crippen molar-refractivity contribution >= 4 is 31.9 Å². The summed E-state index contributed by atoms with van der Waals surface area (Å²) in [6.07, 6.45) is -7.84. The Hall–Kier alpha value is -0.100. The van der Waals surface area contributed by atoms with Gasteiger partial charge in [0.15, 0.2) is 0 Å². The van der Waals surface area contributed by atoms with Gasteiger partial charge in [-0.05, 0) is 17.7 Å². The maximum Gasteiger partial charge on any atom is 0.423 e. The quantitative estimate of drug-likeness (QED) is 0.659. The zero-order valence-electron chi connectivity index (χ0n) is 6.50. The number of alkyl halides is 4. The highest BCUT2D eigenvalue weighted by atomic mass is 79.9. The first-order chi connectivity index (χ1) is 6.30. The molecule has 0 aliphatic heterocycles. The molecule has 14 heavy (non-hydrogen) atoms. The number of hydrogen-bond donors (Lipinski definition) is 0. The van der Waals surface area contributed by atoms with Crippen molar-refractivity contribution in [2.75, 3.05) is 0 Å². The fourth-order valence-electron chi connectivity index (χ4n) is 0.856. The Morgan fingerprint density at radius 3 is 1.93 bits per heavy atom. The number of hydrogen-bond acceptors (Lipinski definition) is 0. The van der Waals surface area contributed by atoms with Gasteiger partial charge in [0.1, 0.15) is 0 Å². The van der Waals surface area contributed by atoms with Crippen LogP contribution in [0.2, 0.25) is 0 Å². The Balaban J connectivity index is 3.07. The summed E-state index contributed by atoms with van der Waals surface area (Å²) in [5.41, 5.74) is -0.449. The molecule has 0 aromatic heterocycles. The van der Waals surface area contributed by atoms with Crippen molar-refractivity contribution in [1.29, 1.82) is 0 Å². The van der Waals surface area contributed by atoms with Gasteiger partial charge >= 0.3 is 6.18 Å². The molecule has 0 N–H and O–H groups in total. The minimum atomic E-state index is -4.87. The monoisotopic (exact) mass is 333 g/mol. The molecule has 1 rings (SSSR count). The van der Waals surface area contributed by atoms with Crippen LogP contribution in [0.4, 0.5) is 17.6 Å². The summed E-state index contributed by atoms with van der Waals surface area (Å²) in [4.78, 5) is 0. The zero-order chi connectivity index (χ0) is 10.9. The third kappa shape index (κ3) is 2.95. The summed E-state index contributed by atoms with van der Waals surface area (Å²) in [5.74, 6) is 0. The van der Waals surface area contributed by atoms with Gasteiger partial charge in [0.25, 0.3) is 0 Å². The van der Waals surface area contributed by atoms with Gasteiger partial charge in [0.05, 0.1) is 0 Å². The Labute approximate surface area is 94.6 Å². The van der Waals surface area contributed by atoms with E-state index in [1.165, 1.54) is 0 Å². The van der Waals surface area contributed by atoms with Crippen LogP contribution in [0.25, 0.3) is 0 Å². The van der Waals surface area contributed by atoms with Crippen molar-refractivity contribution < 1.29 is 17.6 Å². The van der Waals surface area contributed by atoms with E-state index in [1.807, 2.05) is 0 Å². The highest BCUT2D eigenvalue weighted by Gasteiger charge is 2.41. The normalized spacial score (nSPS) is 14.1. The van der Waals surface area contributed by atoms with Crippen LogP contribution < -0.4 is 0 Å². The van der Waals surface area contributed by atoms with Crippen molar-refractivity contribution in [3.63, 3.8) is 0 Å². The van der Waals surface area contributed by atoms with Gasteiger partial charge in [-0.15, -0.1) is 0 Å². The zero-order valence-corrected chi connectivity index (χ0v) is 9.67. The summed E-state index contributed by atoms with van der Waals surface area (Å²) in [5, 5.41) is 0. The van der Waals surface area contributed by atoms with Gasteiger partial charge in [0.2, 0.25) is 6.17 Å². The summed E-state index contributed by atoms with van der Waals surface area (Å²) >= 11 is 5.86. The number of benzene rings is 1. The van der Waals surface area contributed by atoms with E-state index in [0.29, 0.717) is 0 Å². The van der Waals surface area contributed by atoms with Crippen molar-refractivity contribution in [2.24, 2.45) is 0 Å². The molecule has 0 aliphatic rings. The van der Waals surface area contributed by atoms with Crippen molar-refractivity contribution in [1.82, 2.24) is 0 Å². The summed E-state index contributed by atoms with van der Waals surface area (Å²) in [7, 11) is 0. The number of rotatable bonds is 1. The topological polar surface area (TPSA) is 0 Å². The lowest BCUT2D eigenvalue weighted by molar-refractivity contribution is -0.182. The van der Waals surface area contributed by atoms with Crippen LogP contribution in [0.5, 0.6) is 0 Å². The molecule has 77 valence electrons. The molecule has 0 saturated carbocycles. The molecule has 0 nitrogen and oxygen atoms in total. The second-order valence-corrected chi connectivity index (χ2v) is 4.22. The lowest BCUT2D eigenvalue weighted by Gasteiger charge is -2.12. The van der Waals surface area contributed by atoms with Gasteiger partial charge in [-0.1, -0.05) is 31.9 Å². The molecule has 0 heterocycles. The highest BCUT2D eigenvalue weighted by Crippen LogP contribution is 2.37. The van der Waals surface area contributed by atoms with Crippen LogP contribution in [0.1, 0.15) is 11.7 Å². The van der Waals surface area contributed by atoms with Crippen LogP contribution in [0.3, 0.4) is 0 Å². The third-order valence-electron chi connectivity index (χ3n) is 1.41. The molecule has 1 unspecified atom stereocenters. The minimum absolute atomic E-state index is 0.272. The Morgan fingerprint density at radius 2 is 1.57 bits per heavy atom. The lowest BCUT2D eigenvalue weighted by atomic mass is 10.1. The molecule has 0 aliphatic carbocycles. The molecule has 0 bridgehead atoms. The summed E-state index contributed by atoms with van der Waals surface area (Å²) in [6.45, 7) is 0. The van der Waals surface area contributed by atoms with Crippen molar-refractivity contribution in [3.8, 4) is 0 Å². The first-order valence-corrected chi connectivity index (χ1v) is 4.98. The molecule has 0 amide bonds. The van der Waals surface area contributed by atoms with Crippen molar-refractivity contribution in [3.05, 3.63) is 32.7 Å². The maximum absolute atomic E-state index is 12.8. The molecular weight excluding hydrogens is 332 g/mol. The standard InChI is InChI=1S/C8H3Br2F4/c9-5-1-4(2-6(10)3-5)7(11)8(12,13)14/h1-2,7H. The van der Waals surface area contributed by atoms with Crippen LogP contribution in [0.15, 0.2) is 21.1 Å². The van der Waals surface area contributed by atoms with E-state index < -0.39 is 17.9 Å². The molecule has 1 atom stereocenters. The fourth-order valence-corrected chi connectivity index (χ4v) is 2.08. The molecular formula is C8H3Br2F4. The van der Waals surface area contributed by atoms with E-state index in [4.69, 9.17) is 0 Å². The average molecular weight is 335 g/mol. The van der Waals surface area contributed by atoms with E-state index in [1.54, 1.807) is 0 Å². The van der Waals surface area contributed by atoms with E-state index >= 15 is 0 Å². The van der Waals surface area contributed by atoms with Gasteiger partial charge in [-0.2, -0.15) is 13.2 Å². The first kappa shape index (κ1) is 12.0. The molecule has 0 spiro atoms. The predicted octanol–water partition coefficient (Wildman–Crippen LogP) is 4.58. The Kier molecular flexibility index (Phi) is 3.58. The fraction of sp³-hybridized carbons (Fsp3) is 0.250. The van der Waals surface area contributed by atoms with E-state index in [-0.39, 0.29) is 8.95 Å². The predicted molar refractivity (Wildman–Crippen MR) is 50.6 cm³/mol.